The van der Waals surface area contributed by atoms with E-state index in [1.165, 1.54) is 21.8 Å². The summed E-state index contributed by atoms with van der Waals surface area (Å²) in [4.78, 5) is 10.5. The smallest absolute Gasteiger partial charge is 0.161 e. The molecule has 0 spiro atoms. The average molecular weight is 690 g/mol. The van der Waals surface area contributed by atoms with Gasteiger partial charge >= 0.3 is 0 Å². The highest BCUT2D eigenvalue weighted by Crippen LogP contribution is 2.39. The molecule has 0 aliphatic heterocycles. The van der Waals surface area contributed by atoms with Crippen LogP contribution in [0.3, 0.4) is 0 Å². The van der Waals surface area contributed by atoms with Gasteiger partial charge in [-0.25, -0.2) is 9.97 Å². The molecule has 0 aliphatic carbocycles. The lowest BCUT2D eigenvalue weighted by Crippen LogP contribution is -1.95. The number of pyridine rings is 2. The van der Waals surface area contributed by atoms with Crippen molar-refractivity contribution in [2.24, 2.45) is 0 Å². The Kier molecular flexibility index (Phi) is 6.82. The van der Waals surface area contributed by atoms with Crippen LogP contribution in [0.4, 0.5) is 0 Å². The molecule has 4 heterocycles. The zero-order valence-electron chi connectivity index (χ0n) is 29.1. The molecule has 11 rings (SSSR count). The molecule has 0 bridgehead atoms. The van der Waals surface area contributed by atoms with Crippen molar-refractivity contribution in [3.8, 4) is 50.6 Å². The quantitative estimate of drug-likeness (QED) is 0.181. The third-order valence-electron chi connectivity index (χ3n) is 10.6. The average Bonchev–Trinajstić information content (AvgIpc) is 3.80. The molecule has 0 saturated carbocycles. The normalized spacial score (nSPS) is 11.7. The van der Waals surface area contributed by atoms with Crippen LogP contribution in [-0.2, 0) is 0 Å². The van der Waals surface area contributed by atoms with Gasteiger partial charge in [0, 0.05) is 49.3 Å². The molecule has 0 N–H and O–H groups in total. The van der Waals surface area contributed by atoms with E-state index < -0.39 is 0 Å². The van der Waals surface area contributed by atoms with Crippen LogP contribution in [0.5, 0.6) is 0 Å². The zero-order chi connectivity index (χ0) is 35.6. The van der Waals surface area contributed by atoms with Crippen LogP contribution in [0, 0.1) is 0 Å². The second-order valence-electron chi connectivity index (χ2n) is 13.8. The largest absolute Gasteiger partial charge is 0.454 e. The highest BCUT2D eigenvalue weighted by atomic mass is 16.3. The van der Waals surface area contributed by atoms with Crippen molar-refractivity contribution in [3.63, 3.8) is 0 Å². The van der Waals surface area contributed by atoms with Crippen LogP contribution in [0.25, 0.3) is 105 Å². The Balaban J connectivity index is 1.01. The number of para-hydroxylation sites is 3. The highest BCUT2D eigenvalue weighted by molar-refractivity contribution is 6.16. The Hall–Kier alpha value is -7.30. The second kappa shape index (κ2) is 12.1. The number of furan rings is 1. The first kappa shape index (κ1) is 30.3. The lowest BCUT2D eigenvalue weighted by molar-refractivity contribution is 0.672. The van der Waals surface area contributed by atoms with Crippen LogP contribution in [0.15, 0.2) is 192 Å². The lowest BCUT2D eigenvalue weighted by atomic mass is 9.98. The summed E-state index contributed by atoms with van der Waals surface area (Å²) in [7, 11) is 0. The van der Waals surface area contributed by atoms with Gasteiger partial charge in [0.1, 0.15) is 11.1 Å². The van der Waals surface area contributed by atoms with Crippen molar-refractivity contribution in [1.82, 2.24) is 14.5 Å². The third-order valence-corrected chi connectivity index (χ3v) is 10.6. The van der Waals surface area contributed by atoms with E-state index in [0.717, 1.165) is 83.4 Å². The number of fused-ring (bicyclic) bond motifs is 8. The molecule has 0 aliphatic rings. The molecule has 7 aromatic carbocycles. The van der Waals surface area contributed by atoms with Crippen molar-refractivity contribution in [2.75, 3.05) is 0 Å². The molecule has 0 fully saturated rings. The minimum Gasteiger partial charge on any atom is -0.454 e. The van der Waals surface area contributed by atoms with Gasteiger partial charge in [-0.3, -0.25) is 0 Å². The van der Waals surface area contributed by atoms with E-state index in [2.05, 4.69) is 174 Å². The highest BCUT2D eigenvalue weighted by Gasteiger charge is 2.17. The Labute approximate surface area is 311 Å². The van der Waals surface area contributed by atoms with E-state index in [1.807, 2.05) is 18.2 Å². The summed E-state index contributed by atoms with van der Waals surface area (Å²) < 4.78 is 8.66. The number of benzene rings is 7. The summed E-state index contributed by atoms with van der Waals surface area (Å²) in [6.45, 7) is 0. The molecule has 0 unspecified atom stereocenters. The van der Waals surface area contributed by atoms with Crippen LogP contribution in [0.1, 0.15) is 0 Å². The van der Waals surface area contributed by atoms with Crippen molar-refractivity contribution in [3.05, 3.63) is 188 Å². The maximum absolute atomic E-state index is 6.32. The first-order valence-corrected chi connectivity index (χ1v) is 18.2. The number of aromatic nitrogens is 3. The number of nitrogens with zero attached hydrogens (tertiary/aromatic N) is 3. The van der Waals surface area contributed by atoms with Gasteiger partial charge in [-0.05, 0) is 59.7 Å². The van der Waals surface area contributed by atoms with E-state index in [0.29, 0.717) is 0 Å². The minimum atomic E-state index is 0.824. The van der Waals surface area contributed by atoms with Crippen molar-refractivity contribution in [2.45, 2.75) is 0 Å². The Morgan fingerprint density at radius 2 is 0.889 bits per heavy atom. The summed E-state index contributed by atoms with van der Waals surface area (Å²) in [5, 5.41) is 5.65. The van der Waals surface area contributed by atoms with Crippen molar-refractivity contribution >= 4 is 54.6 Å². The van der Waals surface area contributed by atoms with Gasteiger partial charge in [-0.2, -0.15) is 0 Å². The van der Waals surface area contributed by atoms with Crippen molar-refractivity contribution < 1.29 is 4.42 Å². The maximum Gasteiger partial charge on any atom is 0.161 e. The van der Waals surface area contributed by atoms with Crippen LogP contribution >= 0.6 is 0 Å². The zero-order valence-corrected chi connectivity index (χ0v) is 29.1. The SMILES string of the molecule is c1ccc(-c2cc(-c3ccc(-c4nc5c6ccccc6oc5c5ccccc45)cc3)nc(-c3ccc(-n4c5ccccc5c5ccccc54)cc3)c2)cc1. The molecular formula is C50H31N3O. The van der Waals surface area contributed by atoms with Crippen molar-refractivity contribution in [1.29, 1.82) is 0 Å². The number of hydrogen-bond donors (Lipinski definition) is 0. The summed E-state index contributed by atoms with van der Waals surface area (Å²) in [6, 6.07) is 66.1. The van der Waals surface area contributed by atoms with Crippen LogP contribution in [-0.4, -0.2) is 14.5 Å². The summed E-state index contributed by atoms with van der Waals surface area (Å²) in [5.41, 5.74) is 14.3. The number of rotatable bonds is 5. The summed E-state index contributed by atoms with van der Waals surface area (Å²) in [5.74, 6) is 0. The fourth-order valence-corrected chi connectivity index (χ4v) is 8.01. The fourth-order valence-electron chi connectivity index (χ4n) is 8.01. The Morgan fingerprint density at radius 1 is 0.370 bits per heavy atom. The lowest BCUT2D eigenvalue weighted by Gasteiger charge is -2.13. The first-order valence-electron chi connectivity index (χ1n) is 18.2. The molecule has 4 heteroatoms. The fraction of sp³-hybridized carbons (Fsp3) is 0. The molecule has 0 radical (unpaired) electrons. The van der Waals surface area contributed by atoms with E-state index in [1.54, 1.807) is 0 Å². The molecule has 4 nitrogen and oxygen atoms in total. The molecule has 11 aromatic rings. The standard InChI is InChI=1S/C50H31N3O/c1-2-12-32(13-3-1)36-30-43(51-44(31-36)34-26-28-37(29-27-34)53-45-19-9-6-14-38(45)39-15-7-10-20-46(39)53)33-22-24-35(25-23-33)48-40-16-4-5-17-41(40)50-49(52-48)42-18-8-11-21-47(42)54-50/h1-31H. The van der Waals surface area contributed by atoms with Gasteiger partial charge < -0.3 is 8.98 Å². The first-order chi connectivity index (χ1) is 26.8. The van der Waals surface area contributed by atoms with Gasteiger partial charge in [0.25, 0.3) is 0 Å². The van der Waals surface area contributed by atoms with Gasteiger partial charge in [0.2, 0.25) is 0 Å². The molecule has 4 aromatic heterocycles. The molecular weight excluding hydrogens is 659 g/mol. The molecule has 0 atom stereocenters. The Morgan fingerprint density at radius 3 is 1.56 bits per heavy atom. The number of hydrogen-bond acceptors (Lipinski definition) is 3. The minimum absolute atomic E-state index is 0.824. The topological polar surface area (TPSA) is 43.9 Å². The molecule has 252 valence electrons. The molecule has 0 amide bonds. The van der Waals surface area contributed by atoms with Gasteiger partial charge in [-0.15, -0.1) is 0 Å². The predicted molar refractivity (Wildman–Crippen MR) is 223 cm³/mol. The summed E-state index contributed by atoms with van der Waals surface area (Å²) >= 11 is 0. The Bertz CT molecular complexity index is 3140. The van der Waals surface area contributed by atoms with Gasteiger partial charge in [-0.1, -0.05) is 140 Å². The monoisotopic (exact) mass is 689 g/mol. The van der Waals surface area contributed by atoms with Crippen LogP contribution < -0.4 is 0 Å². The van der Waals surface area contributed by atoms with E-state index in [9.17, 15) is 0 Å². The molecule has 0 saturated heterocycles. The van der Waals surface area contributed by atoms with Gasteiger partial charge in [0.05, 0.1) is 28.1 Å². The second-order valence-corrected chi connectivity index (χ2v) is 13.8. The van der Waals surface area contributed by atoms with E-state index in [-0.39, 0.29) is 0 Å². The van der Waals surface area contributed by atoms with Gasteiger partial charge in [0.15, 0.2) is 5.58 Å². The van der Waals surface area contributed by atoms with E-state index >= 15 is 0 Å². The third kappa shape index (κ3) is 4.85. The molecule has 54 heavy (non-hydrogen) atoms. The maximum atomic E-state index is 6.32. The van der Waals surface area contributed by atoms with E-state index in [4.69, 9.17) is 14.4 Å². The predicted octanol–water partition coefficient (Wildman–Crippen LogP) is 13.3. The van der Waals surface area contributed by atoms with Crippen LogP contribution in [0.2, 0.25) is 0 Å². The summed E-state index contributed by atoms with van der Waals surface area (Å²) in [6.07, 6.45) is 0.